The number of piperidine rings is 1. The van der Waals surface area contributed by atoms with Crippen molar-refractivity contribution in [2.24, 2.45) is 5.92 Å². The normalized spacial score (nSPS) is 14.4. The molecule has 0 aliphatic carbocycles. The maximum Gasteiger partial charge on any atom is 0.255 e. The first kappa shape index (κ1) is 19.5. The van der Waals surface area contributed by atoms with Gasteiger partial charge in [-0.25, -0.2) is 9.37 Å². The molecule has 2 N–H and O–H groups in total. The number of amides is 2. The number of halogens is 1. The Labute approximate surface area is 163 Å². The smallest absolute Gasteiger partial charge is 0.255 e. The Balaban J connectivity index is 1.54. The van der Waals surface area contributed by atoms with E-state index in [4.69, 9.17) is 0 Å². The quantitative estimate of drug-likeness (QED) is 0.754. The lowest BCUT2D eigenvalue weighted by atomic mass is 9.96. The second-order valence-corrected chi connectivity index (χ2v) is 6.66. The fourth-order valence-corrected chi connectivity index (χ4v) is 3.17. The molecule has 1 aliphatic heterocycles. The van der Waals surface area contributed by atoms with E-state index in [9.17, 15) is 14.0 Å². The van der Waals surface area contributed by atoms with Crippen LogP contribution in [0.25, 0.3) is 0 Å². The molecule has 0 unspecified atom stereocenters. The van der Waals surface area contributed by atoms with E-state index in [1.54, 1.807) is 24.4 Å². The zero-order valence-corrected chi connectivity index (χ0v) is 15.5. The maximum absolute atomic E-state index is 13.2. The number of pyridine rings is 1. The molecule has 28 heavy (non-hydrogen) atoms. The summed E-state index contributed by atoms with van der Waals surface area (Å²) in [6, 6.07) is 9.12. The van der Waals surface area contributed by atoms with Crippen LogP contribution in [0.15, 0.2) is 55.3 Å². The average molecular weight is 382 g/mol. The number of benzene rings is 1. The Kier molecular flexibility index (Phi) is 6.37. The first-order valence-electron chi connectivity index (χ1n) is 9.23. The van der Waals surface area contributed by atoms with Crippen molar-refractivity contribution in [1.82, 2.24) is 10.3 Å². The number of carbonyl (C=O) groups is 2. The van der Waals surface area contributed by atoms with Gasteiger partial charge in [-0.05, 0) is 43.2 Å². The van der Waals surface area contributed by atoms with Crippen molar-refractivity contribution in [2.75, 3.05) is 29.9 Å². The minimum Gasteiger partial charge on any atom is -0.357 e. The Morgan fingerprint density at radius 3 is 2.68 bits per heavy atom. The van der Waals surface area contributed by atoms with Crippen molar-refractivity contribution < 1.29 is 14.0 Å². The topological polar surface area (TPSA) is 74.3 Å². The number of hydrogen-bond donors (Lipinski definition) is 2. The molecule has 0 radical (unpaired) electrons. The van der Waals surface area contributed by atoms with Crippen LogP contribution in [-0.2, 0) is 4.79 Å². The summed E-state index contributed by atoms with van der Waals surface area (Å²) in [6.07, 6.45) is 4.78. The number of nitrogens with one attached hydrogen (secondary N) is 2. The lowest BCUT2D eigenvalue weighted by molar-refractivity contribution is -0.125. The Morgan fingerprint density at radius 2 is 2.04 bits per heavy atom. The fraction of sp³-hybridized carbons (Fsp3) is 0.286. The zero-order valence-electron chi connectivity index (χ0n) is 15.5. The Hall–Kier alpha value is -3.22. The summed E-state index contributed by atoms with van der Waals surface area (Å²) in [7, 11) is 0. The van der Waals surface area contributed by atoms with Gasteiger partial charge in [-0.1, -0.05) is 12.1 Å². The molecule has 7 heteroatoms. The number of aromatic nitrogens is 1. The first-order chi connectivity index (χ1) is 13.6. The van der Waals surface area contributed by atoms with Crippen molar-refractivity contribution in [1.29, 1.82) is 0 Å². The summed E-state index contributed by atoms with van der Waals surface area (Å²) >= 11 is 0. The number of carbonyl (C=O) groups excluding carboxylic acids is 2. The summed E-state index contributed by atoms with van der Waals surface area (Å²) in [4.78, 5) is 30.7. The van der Waals surface area contributed by atoms with Gasteiger partial charge in [-0.3, -0.25) is 9.59 Å². The highest BCUT2D eigenvalue weighted by molar-refractivity contribution is 6.04. The van der Waals surface area contributed by atoms with E-state index < -0.39 is 5.82 Å². The fourth-order valence-electron chi connectivity index (χ4n) is 3.17. The SMILES string of the molecule is C=CCNC(=O)C1CCN(c2ccc(NC(=O)c3cccc(F)c3)cn2)CC1. The van der Waals surface area contributed by atoms with Crippen LogP contribution in [0.1, 0.15) is 23.2 Å². The van der Waals surface area contributed by atoms with E-state index in [1.165, 1.54) is 18.2 Å². The van der Waals surface area contributed by atoms with Gasteiger partial charge in [-0.2, -0.15) is 0 Å². The second kappa shape index (κ2) is 9.12. The molecule has 2 heterocycles. The first-order valence-corrected chi connectivity index (χ1v) is 9.23. The van der Waals surface area contributed by atoms with Crippen molar-refractivity contribution in [3.8, 4) is 0 Å². The van der Waals surface area contributed by atoms with Crippen molar-refractivity contribution in [3.05, 3.63) is 66.6 Å². The van der Waals surface area contributed by atoms with E-state index in [2.05, 4.69) is 27.1 Å². The number of anilines is 2. The van der Waals surface area contributed by atoms with Gasteiger partial charge in [0, 0.05) is 31.1 Å². The molecule has 3 rings (SSSR count). The van der Waals surface area contributed by atoms with Gasteiger partial charge in [0.15, 0.2) is 0 Å². The number of nitrogens with zero attached hydrogens (tertiary/aromatic N) is 2. The highest BCUT2D eigenvalue weighted by Crippen LogP contribution is 2.23. The minimum absolute atomic E-state index is 0.0148. The summed E-state index contributed by atoms with van der Waals surface area (Å²) < 4.78 is 13.2. The molecular formula is C21H23FN4O2. The minimum atomic E-state index is -0.456. The van der Waals surface area contributed by atoms with Crippen LogP contribution in [0.2, 0.25) is 0 Å². The predicted octanol–water partition coefficient (Wildman–Crippen LogP) is 2.99. The van der Waals surface area contributed by atoms with Crippen LogP contribution in [-0.4, -0.2) is 36.4 Å². The maximum atomic E-state index is 13.2. The molecular weight excluding hydrogens is 359 g/mol. The molecule has 6 nitrogen and oxygen atoms in total. The van der Waals surface area contributed by atoms with Gasteiger partial charge in [-0.15, -0.1) is 6.58 Å². The van der Waals surface area contributed by atoms with Crippen molar-refractivity contribution in [3.63, 3.8) is 0 Å². The molecule has 1 aromatic carbocycles. The molecule has 146 valence electrons. The van der Waals surface area contributed by atoms with Gasteiger partial charge in [0.2, 0.25) is 5.91 Å². The van der Waals surface area contributed by atoms with Crippen LogP contribution >= 0.6 is 0 Å². The van der Waals surface area contributed by atoms with Gasteiger partial charge in [0.05, 0.1) is 11.9 Å². The molecule has 1 fully saturated rings. The molecule has 2 aromatic rings. The van der Waals surface area contributed by atoms with Crippen molar-refractivity contribution in [2.45, 2.75) is 12.8 Å². The number of hydrogen-bond acceptors (Lipinski definition) is 4. The van der Waals surface area contributed by atoms with Crippen LogP contribution in [0.3, 0.4) is 0 Å². The average Bonchev–Trinajstić information content (AvgIpc) is 2.72. The van der Waals surface area contributed by atoms with E-state index in [0.717, 1.165) is 31.7 Å². The third kappa shape index (κ3) is 4.94. The summed E-state index contributed by atoms with van der Waals surface area (Å²) in [5, 5.41) is 5.55. The molecule has 0 bridgehead atoms. The predicted molar refractivity (Wildman–Crippen MR) is 107 cm³/mol. The van der Waals surface area contributed by atoms with Gasteiger partial charge in [0.1, 0.15) is 11.6 Å². The Morgan fingerprint density at radius 1 is 1.25 bits per heavy atom. The largest absolute Gasteiger partial charge is 0.357 e. The standard InChI is InChI=1S/C21H23FN4O2/c1-2-10-23-20(27)15-8-11-26(12-9-15)19-7-6-18(14-24-19)25-21(28)16-4-3-5-17(22)13-16/h2-7,13-15H,1,8-12H2,(H,23,27)(H,25,28). The molecule has 1 aromatic heterocycles. The van der Waals surface area contributed by atoms with E-state index in [-0.39, 0.29) is 23.3 Å². The zero-order chi connectivity index (χ0) is 19.9. The highest BCUT2D eigenvalue weighted by atomic mass is 19.1. The summed E-state index contributed by atoms with van der Waals surface area (Å²) in [5.41, 5.74) is 0.789. The van der Waals surface area contributed by atoms with Crippen LogP contribution < -0.4 is 15.5 Å². The monoisotopic (exact) mass is 382 g/mol. The van der Waals surface area contributed by atoms with Gasteiger partial charge >= 0.3 is 0 Å². The molecule has 1 aliphatic rings. The van der Waals surface area contributed by atoms with E-state index in [1.807, 2.05) is 6.07 Å². The highest BCUT2D eigenvalue weighted by Gasteiger charge is 2.25. The summed E-state index contributed by atoms with van der Waals surface area (Å²) in [5.74, 6) is 0.0424. The molecule has 2 amide bonds. The lowest BCUT2D eigenvalue weighted by Crippen LogP contribution is -2.40. The van der Waals surface area contributed by atoms with Crippen LogP contribution in [0.5, 0.6) is 0 Å². The third-order valence-electron chi connectivity index (χ3n) is 4.70. The van der Waals surface area contributed by atoms with Crippen molar-refractivity contribution >= 4 is 23.3 Å². The van der Waals surface area contributed by atoms with E-state index in [0.29, 0.717) is 12.2 Å². The molecule has 0 saturated carbocycles. The summed E-state index contributed by atoms with van der Waals surface area (Å²) in [6.45, 7) is 5.58. The van der Waals surface area contributed by atoms with Gasteiger partial charge < -0.3 is 15.5 Å². The van der Waals surface area contributed by atoms with Gasteiger partial charge in [0.25, 0.3) is 5.91 Å². The van der Waals surface area contributed by atoms with Crippen LogP contribution in [0, 0.1) is 11.7 Å². The van der Waals surface area contributed by atoms with E-state index >= 15 is 0 Å². The second-order valence-electron chi connectivity index (χ2n) is 6.66. The molecule has 0 atom stereocenters. The lowest BCUT2D eigenvalue weighted by Gasteiger charge is -2.32. The number of rotatable bonds is 6. The molecule has 1 saturated heterocycles. The molecule has 0 spiro atoms. The Bertz CT molecular complexity index is 846. The van der Waals surface area contributed by atoms with Crippen LogP contribution in [0.4, 0.5) is 15.9 Å². The third-order valence-corrected chi connectivity index (χ3v) is 4.70.